The Morgan fingerprint density at radius 3 is 2.75 bits per heavy atom. The predicted octanol–water partition coefficient (Wildman–Crippen LogP) is 4.25. The van der Waals surface area contributed by atoms with Gasteiger partial charge >= 0.3 is 6.03 Å². The minimum atomic E-state index is -0.248. The molecule has 2 rings (SSSR count). The first kappa shape index (κ1) is 18.8. The zero-order valence-electron chi connectivity index (χ0n) is 14.2. The van der Waals surface area contributed by atoms with Crippen LogP contribution in [0.4, 0.5) is 10.5 Å². The van der Waals surface area contributed by atoms with Crippen molar-refractivity contribution >= 4 is 39.0 Å². The Morgan fingerprint density at radius 1 is 1.42 bits per heavy atom. The first-order chi connectivity index (χ1) is 11.4. The molecule has 130 valence electrons. The maximum absolute atomic E-state index is 12.3. The minimum absolute atomic E-state index is 0.142. The number of thiophene rings is 1. The largest absolute Gasteiger partial charge is 0.495 e. The zero-order valence-corrected chi connectivity index (χ0v) is 16.6. The number of aryl methyl sites for hydroxylation is 1. The highest BCUT2D eigenvalue weighted by Crippen LogP contribution is 2.32. The summed E-state index contributed by atoms with van der Waals surface area (Å²) < 4.78 is 6.26. The summed E-state index contributed by atoms with van der Waals surface area (Å²) in [7, 11) is 5.60. The maximum atomic E-state index is 12.3. The lowest BCUT2D eigenvalue weighted by Crippen LogP contribution is -2.36. The number of nitrogens with zero attached hydrogens (tertiary/aromatic N) is 1. The van der Waals surface area contributed by atoms with Gasteiger partial charge in [-0.15, -0.1) is 11.3 Å². The Balaban J connectivity index is 2.03. The van der Waals surface area contributed by atoms with Gasteiger partial charge in [-0.05, 0) is 50.2 Å². The van der Waals surface area contributed by atoms with Gasteiger partial charge in [0, 0.05) is 15.9 Å². The minimum Gasteiger partial charge on any atom is -0.495 e. The molecule has 0 aliphatic carbocycles. The Bertz CT molecular complexity index is 689. The first-order valence-corrected chi connectivity index (χ1v) is 9.18. The van der Waals surface area contributed by atoms with E-state index in [1.54, 1.807) is 18.4 Å². The topological polar surface area (TPSA) is 53.6 Å². The molecular weight excluding hydrogens is 390 g/mol. The molecule has 1 atom stereocenters. The lowest BCUT2D eigenvalue weighted by atomic mass is 10.2. The molecule has 7 heteroatoms. The summed E-state index contributed by atoms with van der Waals surface area (Å²) in [5.74, 6) is 0.624. The second-order valence-corrected chi connectivity index (χ2v) is 7.52. The van der Waals surface area contributed by atoms with Crippen LogP contribution in [0.2, 0.25) is 0 Å². The predicted molar refractivity (Wildman–Crippen MR) is 103 cm³/mol. The second-order valence-electron chi connectivity index (χ2n) is 5.63. The van der Waals surface area contributed by atoms with Crippen LogP contribution in [0.3, 0.4) is 0 Å². The third kappa shape index (κ3) is 4.72. The molecule has 0 fully saturated rings. The smallest absolute Gasteiger partial charge is 0.319 e. The number of hydrogen-bond acceptors (Lipinski definition) is 4. The van der Waals surface area contributed by atoms with Gasteiger partial charge in [-0.3, -0.25) is 0 Å². The van der Waals surface area contributed by atoms with Crippen LogP contribution in [0.5, 0.6) is 5.75 Å². The highest BCUT2D eigenvalue weighted by atomic mass is 79.9. The number of benzene rings is 1. The third-order valence-electron chi connectivity index (χ3n) is 3.67. The van der Waals surface area contributed by atoms with E-state index in [0.29, 0.717) is 18.0 Å². The van der Waals surface area contributed by atoms with Crippen molar-refractivity contribution in [1.29, 1.82) is 0 Å². The average Bonchev–Trinajstić information content (AvgIpc) is 3.03. The molecule has 0 aliphatic rings. The molecule has 1 heterocycles. The standard InChI is InChI=1S/C17H22BrN3O2S/c1-11-8-12(18)9-14(23-4)16(11)20-17(22)19-10-13(21(2)3)15-6-5-7-24-15/h5-9,13H,10H2,1-4H3,(H2,19,20,22). The van der Waals surface area contributed by atoms with Gasteiger partial charge in [0.1, 0.15) is 5.75 Å². The van der Waals surface area contributed by atoms with E-state index >= 15 is 0 Å². The van der Waals surface area contributed by atoms with Crippen molar-refractivity contribution in [3.8, 4) is 5.75 Å². The molecule has 2 N–H and O–H groups in total. The van der Waals surface area contributed by atoms with Crippen molar-refractivity contribution in [2.45, 2.75) is 13.0 Å². The molecule has 0 spiro atoms. The van der Waals surface area contributed by atoms with Crippen LogP contribution >= 0.6 is 27.3 Å². The van der Waals surface area contributed by atoms with Crippen molar-refractivity contribution in [3.05, 3.63) is 44.6 Å². The lowest BCUT2D eigenvalue weighted by molar-refractivity contribution is 0.243. The van der Waals surface area contributed by atoms with Gasteiger partial charge in [-0.1, -0.05) is 22.0 Å². The SMILES string of the molecule is COc1cc(Br)cc(C)c1NC(=O)NCC(c1cccs1)N(C)C. The molecule has 5 nitrogen and oxygen atoms in total. The summed E-state index contributed by atoms with van der Waals surface area (Å²) in [6.07, 6.45) is 0. The van der Waals surface area contributed by atoms with Crippen LogP contribution in [0, 0.1) is 6.92 Å². The van der Waals surface area contributed by atoms with Crippen molar-refractivity contribution in [1.82, 2.24) is 10.2 Å². The molecule has 0 radical (unpaired) electrons. The van der Waals surface area contributed by atoms with Gasteiger partial charge in [0.15, 0.2) is 0 Å². The summed E-state index contributed by atoms with van der Waals surface area (Å²) in [5.41, 5.74) is 1.61. The molecule has 0 bridgehead atoms. The zero-order chi connectivity index (χ0) is 17.7. The van der Waals surface area contributed by atoms with Crippen LogP contribution in [0.1, 0.15) is 16.5 Å². The second kappa shape index (κ2) is 8.50. The number of nitrogens with one attached hydrogen (secondary N) is 2. The number of halogens is 1. The fourth-order valence-electron chi connectivity index (χ4n) is 2.40. The lowest BCUT2D eigenvalue weighted by Gasteiger charge is -2.24. The Morgan fingerprint density at radius 2 is 2.17 bits per heavy atom. The number of ether oxygens (including phenoxy) is 1. The number of amides is 2. The number of carbonyl (C=O) groups excluding carboxylic acids is 1. The van der Waals surface area contributed by atoms with Crippen LogP contribution in [-0.4, -0.2) is 38.7 Å². The van der Waals surface area contributed by atoms with Crippen LogP contribution < -0.4 is 15.4 Å². The molecule has 1 unspecified atom stereocenters. The maximum Gasteiger partial charge on any atom is 0.319 e. The summed E-state index contributed by atoms with van der Waals surface area (Å²) in [6, 6.07) is 7.76. The Hall–Kier alpha value is -1.57. The van der Waals surface area contributed by atoms with Gasteiger partial charge < -0.3 is 20.3 Å². The molecule has 2 amide bonds. The third-order valence-corrected chi connectivity index (χ3v) is 5.10. The Kier molecular flexibility index (Phi) is 6.65. The van der Waals surface area contributed by atoms with Gasteiger partial charge in [-0.25, -0.2) is 4.79 Å². The van der Waals surface area contributed by atoms with Crippen LogP contribution in [0.25, 0.3) is 0 Å². The molecule has 2 aromatic rings. The van der Waals surface area contributed by atoms with E-state index < -0.39 is 0 Å². The highest BCUT2D eigenvalue weighted by Gasteiger charge is 2.17. The number of likely N-dealkylation sites (N-methyl/N-ethyl adjacent to an activating group) is 1. The number of hydrogen-bond donors (Lipinski definition) is 2. The van der Waals surface area contributed by atoms with Gasteiger partial charge in [-0.2, -0.15) is 0 Å². The molecule has 1 aromatic carbocycles. The number of anilines is 1. The molecule has 24 heavy (non-hydrogen) atoms. The van der Waals surface area contributed by atoms with Crippen molar-refractivity contribution in [3.63, 3.8) is 0 Å². The van der Waals surface area contributed by atoms with Crippen molar-refractivity contribution < 1.29 is 9.53 Å². The average molecular weight is 412 g/mol. The quantitative estimate of drug-likeness (QED) is 0.746. The van der Waals surface area contributed by atoms with Crippen LogP contribution in [0.15, 0.2) is 34.1 Å². The summed E-state index contributed by atoms with van der Waals surface area (Å²) in [4.78, 5) is 15.6. The molecule has 0 saturated heterocycles. The number of urea groups is 1. The van der Waals surface area contributed by atoms with Gasteiger partial charge in [0.2, 0.25) is 0 Å². The van der Waals surface area contributed by atoms with Gasteiger partial charge in [0.05, 0.1) is 18.8 Å². The summed E-state index contributed by atoms with van der Waals surface area (Å²) in [5, 5.41) is 7.87. The molecule has 0 aliphatic heterocycles. The monoisotopic (exact) mass is 411 g/mol. The number of carbonyl (C=O) groups is 1. The summed E-state index contributed by atoms with van der Waals surface area (Å²) in [6.45, 7) is 2.45. The van der Waals surface area contributed by atoms with Crippen molar-refractivity contribution in [2.24, 2.45) is 0 Å². The molecular formula is C17H22BrN3O2S. The van der Waals surface area contributed by atoms with E-state index in [4.69, 9.17) is 4.74 Å². The normalized spacial score (nSPS) is 12.1. The van der Waals surface area contributed by atoms with E-state index in [0.717, 1.165) is 10.0 Å². The van der Waals surface area contributed by atoms with E-state index in [9.17, 15) is 4.79 Å². The number of methoxy groups -OCH3 is 1. The fourth-order valence-corrected chi connectivity index (χ4v) is 3.87. The first-order valence-electron chi connectivity index (χ1n) is 7.51. The van der Waals surface area contributed by atoms with E-state index in [1.807, 2.05) is 44.6 Å². The van der Waals surface area contributed by atoms with E-state index in [1.165, 1.54) is 4.88 Å². The molecule has 1 aromatic heterocycles. The fraction of sp³-hybridized carbons (Fsp3) is 0.353. The van der Waals surface area contributed by atoms with Crippen molar-refractivity contribution in [2.75, 3.05) is 33.1 Å². The Labute approximate surface area is 155 Å². The number of rotatable bonds is 6. The molecule has 0 saturated carbocycles. The van der Waals surface area contributed by atoms with E-state index in [2.05, 4.69) is 37.5 Å². The summed E-state index contributed by atoms with van der Waals surface area (Å²) >= 11 is 5.12. The van der Waals surface area contributed by atoms with E-state index in [-0.39, 0.29) is 12.1 Å². The highest BCUT2D eigenvalue weighted by molar-refractivity contribution is 9.10. The van der Waals surface area contributed by atoms with Gasteiger partial charge in [0.25, 0.3) is 0 Å². The van der Waals surface area contributed by atoms with Crippen LogP contribution in [-0.2, 0) is 0 Å².